The van der Waals surface area contributed by atoms with Crippen molar-refractivity contribution in [3.8, 4) is 0 Å². The Kier molecular flexibility index (Phi) is 5.76. The minimum Gasteiger partial charge on any atom is -0.346 e. The van der Waals surface area contributed by atoms with E-state index >= 15 is 0 Å². The Bertz CT molecular complexity index is 919. The van der Waals surface area contributed by atoms with Gasteiger partial charge in [-0.25, -0.2) is 8.42 Å². The molecule has 0 bridgehead atoms. The SMILES string of the molecule is Cc1cc(C)c(C(C)NC(=O)c2ccc(N(C)S(C)(=O)=O)cc2)cc1C. The molecule has 0 fully saturated rings. The molecule has 0 spiro atoms. The number of nitrogens with one attached hydrogen (secondary N) is 1. The van der Waals surface area contributed by atoms with Crippen molar-refractivity contribution in [1.82, 2.24) is 5.32 Å². The molecular formula is C20H26N2O3S. The van der Waals surface area contributed by atoms with Crippen LogP contribution in [-0.2, 0) is 10.0 Å². The number of carbonyl (C=O) groups excluding carboxylic acids is 1. The fourth-order valence-corrected chi connectivity index (χ4v) is 3.33. The van der Waals surface area contributed by atoms with Crippen LogP contribution in [0.5, 0.6) is 0 Å². The van der Waals surface area contributed by atoms with Crippen molar-refractivity contribution in [2.75, 3.05) is 17.6 Å². The van der Waals surface area contributed by atoms with Crippen LogP contribution in [0, 0.1) is 20.8 Å². The molecule has 1 amide bonds. The van der Waals surface area contributed by atoms with Crippen LogP contribution < -0.4 is 9.62 Å². The second kappa shape index (κ2) is 7.50. The summed E-state index contributed by atoms with van der Waals surface area (Å²) in [5.41, 5.74) is 5.67. The summed E-state index contributed by atoms with van der Waals surface area (Å²) in [4.78, 5) is 12.5. The Morgan fingerprint density at radius 1 is 1.00 bits per heavy atom. The van der Waals surface area contributed by atoms with Gasteiger partial charge in [0.1, 0.15) is 0 Å². The second-order valence-corrected chi connectivity index (χ2v) is 8.78. The summed E-state index contributed by atoms with van der Waals surface area (Å²) in [5, 5.41) is 3.01. The Morgan fingerprint density at radius 2 is 1.54 bits per heavy atom. The van der Waals surface area contributed by atoms with Gasteiger partial charge in [0.2, 0.25) is 10.0 Å². The van der Waals surface area contributed by atoms with E-state index in [1.54, 1.807) is 24.3 Å². The summed E-state index contributed by atoms with van der Waals surface area (Å²) >= 11 is 0. The van der Waals surface area contributed by atoms with E-state index in [1.807, 2.05) is 13.8 Å². The third-order valence-electron chi connectivity index (χ3n) is 4.69. The van der Waals surface area contributed by atoms with Gasteiger partial charge >= 0.3 is 0 Å². The van der Waals surface area contributed by atoms with E-state index in [4.69, 9.17) is 0 Å². The predicted octanol–water partition coefficient (Wildman–Crippen LogP) is 3.50. The standard InChI is InChI=1S/C20H26N2O3S/c1-13-11-15(3)19(12-14(13)2)16(4)21-20(23)17-7-9-18(10-8-17)22(5)26(6,24)25/h7-12,16H,1-6H3,(H,21,23). The van der Waals surface area contributed by atoms with E-state index in [0.29, 0.717) is 11.3 Å². The molecule has 140 valence electrons. The van der Waals surface area contributed by atoms with E-state index < -0.39 is 10.0 Å². The minimum atomic E-state index is -3.32. The van der Waals surface area contributed by atoms with Crippen molar-refractivity contribution in [2.24, 2.45) is 0 Å². The Balaban J connectivity index is 2.16. The van der Waals surface area contributed by atoms with Gasteiger partial charge in [-0.2, -0.15) is 0 Å². The highest BCUT2D eigenvalue weighted by atomic mass is 32.2. The quantitative estimate of drug-likeness (QED) is 0.871. The Morgan fingerprint density at radius 3 is 2.08 bits per heavy atom. The van der Waals surface area contributed by atoms with Crippen molar-refractivity contribution in [3.63, 3.8) is 0 Å². The molecule has 6 heteroatoms. The van der Waals surface area contributed by atoms with Crippen molar-refractivity contribution < 1.29 is 13.2 Å². The fourth-order valence-electron chi connectivity index (χ4n) is 2.82. The van der Waals surface area contributed by atoms with E-state index in [-0.39, 0.29) is 11.9 Å². The van der Waals surface area contributed by atoms with E-state index in [1.165, 1.54) is 22.5 Å². The largest absolute Gasteiger partial charge is 0.346 e. The summed E-state index contributed by atoms with van der Waals surface area (Å²) in [6, 6.07) is 10.6. The molecule has 0 radical (unpaired) electrons. The van der Waals surface area contributed by atoms with Gasteiger partial charge in [0.05, 0.1) is 18.0 Å². The summed E-state index contributed by atoms with van der Waals surface area (Å²) in [6.45, 7) is 8.13. The van der Waals surface area contributed by atoms with Gasteiger partial charge in [-0.1, -0.05) is 12.1 Å². The van der Waals surface area contributed by atoms with Gasteiger partial charge in [-0.05, 0) is 74.2 Å². The highest BCUT2D eigenvalue weighted by Crippen LogP contribution is 2.22. The van der Waals surface area contributed by atoms with E-state index in [9.17, 15) is 13.2 Å². The van der Waals surface area contributed by atoms with Crippen molar-refractivity contribution >= 4 is 21.6 Å². The maximum Gasteiger partial charge on any atom is 0.251 e. The first kappa shape index (κ1) is 20.0. The number of carbonyl (C=O) groups is 1. The van der Waals surface area contributed by atoms with Crippen LogP contribution in [0.15, 0.2) is 36.4 Å². The molecule has 0 saturated carbocycles. The van der Waals surface area contributed by atoms with Crippen LogP contribution in [0.2, 0.25) is 0 Å². The molecule has 1 N–H and O–H groups in total. The zero-order valence-electron chi connectivity index (χ0n) is 16.1. The number of benzene rings is 2. The van der Waals surface area contributed by atoms with E-state index in [2.05, 4.69) is 31.3 Å². The Hall–Kier alpha value is -2.34. The number of hydrogen-bond donors (Lipinski definition) is 1. The molecule has 0 heterocycles. The molecule has 0 aliphatic rings. The molecule has 2 aromatic rings. The maximum atomic E-state index is 12.5. The summed E-state index contributed by atoms with van der Waals surface area (Å²) in [7, 11) is -1.84. The zero-order valence-corrected chi connectivity index (χ0v) is 16.9. The van der Waals surface area contributed by atoms with Gasteiger partial charge in [0.15, 0.2) is 0 Å². The van der Waals surface area contributed by atoms with Crippen LogP contribution in [0.25, 0.3) is 0 Å². The van der Waals surface area contributed by atoms with Crippen LogP contribution in [0.1, 0.15) is 45.6 Å². The number of hydrogen-bond acceptors (Lipinski definition) is 3. The van der Waals surface area contributed by atoms with Gasteiger partial charge in [0.25, 0.3) is 5.91 Å². The normalized spacial score (nSPS) is 12.5. The monoisotopic (exact) mass is 374 g/mol. The molecule has 0 aromatic heterocycles. The average Bonchev–Trinajstić information content (AvgIpc) is 2.56. The van der Waals surface area contributed by atoms with Gasteiger partial charge in [0, 0.05) is 12.6 Å². The number of anilines is 1. The van der Waals surface area contributed by atoms with Crippen molar-refractivity contribution in [1.29, 1.82) is 0 Å². The highest BCUT2D eigenvalue weighted by Gasteiger charge is 2.16. The third kappa shape index (κ3) is 4.43. The highest BCUT2D eigenvalue weighted by molar-refractivity contribution is 7.92. The summed E-state index contributed by atoms with van der Waals surface area (Å²) in [6.07, 6.45) is 1.14. The number of amides is 1. The summed E-state index contributed by atoms with van der Waals surface area (Å²) < 4.78 is 24.3. The molecule has 26 heavy (non-hydrogen) atoms. The van der Waals surface area contributed by atoms with Crippen LogP contribution in [0.4, 0.5) is 5.69 Å². The van der Waals surface area contributed by atoms with Crippen molar-refractivity contribution in [2.45, 2.75) is 33.7 Å². The molecule has 2 aromatic carbocycles. The first-order chi connectivity index (χ1) is 12.0. The lowest BCUT2D eigenvalue weighted by molar-refractivity contribution is 0.0940. The lowest BCUT2D eigenvalue weighted by Gasteiger charge is -2.19. The topological polar surface area (TPSA) is 66.5 Å². The molecule has 0 aliphatic carbocycles. The zero-order chi connectivity index (χ0) is 19.6. The van der Waals surface area contributed by atoms with Gasteiger partial charge in [-0.15, -0.1) is 0 Å². The first-order valence-corrected chi connectivity index (χ1v) is 10.3. The van der Waals surface area contributed by atoms with Gasteiger partial charge in [-0.3, -0.25) is 9.10 Å². The van der Waals surface area contributed by atoms with Gasteiger partial charge < -0.3 is 5.32 Å². The smallest absolute Gasteiger partial charge is 0.251 e. The lowest BCUT2D eigenvalue weighted by Crippen LogP contribution is -2.27. The molecule has 0 saturated heterocycles. The summed E-state index contributed by atoms with van der Waals surface area (Å²) in [5.74, 6) is -0.191. The van der Waals surface area contributed by atoms with Crippen molar-refractivity contribution in [3.05, 3.63) is 64.2 Å². The minimum absolute atomic E-state index is 0.125. The maximum absolute atomic E-state index is 12.5. The van der Waals surface area contributed by atoms with Crippen LogP contribution in [0.3, 0.4) is 0 Å². The van der Waals surface area contributed by atoms with E-state index in [0.717, 1.165) is 17.4 Å². The third-order valence-corrected chi connectivity index (χ3v) is 5.89. The second-order valence-electron chi connectivity index (χ2n) is 6.77. The molecule has 1 unspecified atom stereocenters. The number of sulfonamides is 1. The Labute approximate surface area is 156 Å². The van der Waals surface area contributed by atoms with Crippen LogP contribution >= 0.6 is 0 Å². The van der Waals surface area contributed by atoms with Crippen LogP contribution in [-0.4, -0.2) is 27.6 Å². The number of aryl methyl sites for hydroxylation is 3. The molecular weight excluding hydrogens is 348 g/mol. The first-order valence-electron chi connectivity index (χ1n) is 8.43. The molecule has 1 atom stereocenters. The number of nitrogens with zero attached hydrogens (tertiary/aromatic N) is 1. The molecule has 0 aliphatic heterocycles. The average molecular weight is 375 g/mol. The number of rotatable bonds is 5. The predicted molar refractivity (Wildman–Crippen MR) is 106 cm³/mol. The lowest BCUT2D eigenvalue weighted by atomic mass is 9.96. The molecule has 5 nitrogen and oxygen atoms in total. The molecule has 2 rings (SSSR count). The fraction of sp³-hybridized carbons (Fsp3) is 0.350.